The molecule has 20 heavy (non-hydrogen) atoms. The molecule has 0 aliphatic heterocycles. The van der Waals surface area contributed by atoms with Crippen LogP contribution in [0.3, 0.4) is 0 Å². The van der Waals surface area contributed by atoms with Crippen molar-refractivity contribution in [1.29, 1.82) is 0 Å². The Morgan fingerprint density at radius 2 is 1.75 bits per heavy atom. The Labute approximate surface area is 119 Å². The average molecular weight is 277 g/mol. The van der Waals surface area contributed by atoms with E-state index < -0.39 is 16.8 Å². The molecule has 0 amide bonds. The number of Topliss-reactive ketones (excluding diaryl/α,β-unsaturated/α-hetero) is 1. The number of ether oxygens (including phenoxy) is 1. The first-order chi connectivity index (χ1) is 9.04. The summed E-state index contributed by atoms with van der Waals surface area (Å²) < 4.78 is 5.17. The molecule has 1 aromatic rings. The molecule has 0 aliphatic rings. The van der Waals surface area contributed by atoms with Gasteiger partial charge in [-0.3, -0.25) is 4.79 Å². The molecule has 0 bridgehead atoms. The lowest BCUT2D eigenvalue weighted by atomic mass is 9.75. The SMILES string of the molecule is CC(C)(C)C(=O)C(C)(C)COC(=O)c1cccc([O-])c1. The molecular weight excluding hydrogens is 256 g/mol. The van der Waals surface area contributed by atoms with Gasteiger partial charge in [0.2, 0.25) is 0 Å². The molecule has 0 aliphatic carbocycles. The Balaban J connectivity index is 2.72. The van der Waals surface area contributed by atoms with Gasteiger partial charge in [-0.15, -0.1) is 5.75 Å². The number of carbonyl (C=O) groups excluding carboxylic acids is 2. The molecule has 0 saturated heterocycles. The van der Waals surface area contributed by atoms with Crippen molar-refractivity contribution < 1.29 is 19.4 Å². The molecule has 0 radical (unpaired) electrons. The minimum absolute atomic E-state index is 0.00891. The second-order valence-electron chi connectivity index (χ2n) is 6.57. The zero-order chi connectivity index (χ0) is 15.6. The Bertz CT molecular complexity index is 509. The van der Waals surface area contributed by atoms with Crippen LogP contribution in [0.4, 0.5) is 0 Å². The van der Waals surface area contributed by atoms with Gasteiger partial charge in [0.05, 0.1) is 11.0 Å². The van der Waals surface area contributed by atoms with Gasteiger partial charge in [0, 0.05) is 5.41 Å². The molecule has 4 heteroatoms. The van der Waals surface area contributed by atoms with Crippen LogP contribution in [0.1, 0.15) is 45.0 Å². The fraction of sp³-hybridized carbons (Fsp3) is 0.500. The van der Waals surface area contributed by atoms with Gasteiger partial charge in [-0.05, 0) is 19.9 Å². The predicted octanol–water partition coefficient (Wildman–Crippen LogP) is 2.56. The lowest BCUT2D eigenvalue weighted by molar-refractivity contribution is -0.268. The number of esters is 1. The van der Waals surface area contributed by atoms with E-state index in [2.05, 4.69) is 0 Å². The van der Waals surface area contributed by atoms with E-state index in [1.165, 1.54) is 24.3 Å². The van der Waals surface area contributed by atoms with Gasteiger partial charge < -0.3 is 9.84 Å². The lowest BCUT2D eigenvalue weighted by Crippen LogP contribution is -2.38. The molecule has 0 heterocycles. The minimum Gasteiger partial charge on any atom is -0.872 e. The zero-order valence-electron chi connectivity index (χ0n) is 12.6. The molecule has 0 aromatic heterocycles. The van der Waals surface area contributed by atoms with Gasteiger partial charge in [0.1, 0.15) is 12.4 Å². The van der Waals surface area contributed by atoms with E-state index in [9.17, 15) is 14.7 Å². The summed E-state index contributed by atoms with van der Waals surface area (Å²) in [5, 5.41) is 11.2. The fourth-order valence-corrected chi connectivity index (χ4v) is 2.03. The normalized spacial score (nSPS) is 12.1. The maximum Gasteiger partial charge on any atom is 0.338 e. The molecule has 0 spiro atoms. The highest BCUT2D eigenvalue weighted by atomic mass is 16.5. The van der Waals surface area contributed by atoms with E-state index in [4.69, 9.17) is 4.74 Å². The Kier molecular flexibility index (Phi) is 4.58. The molecule has 1 aromatic carbocycles. The summed E-state index contributed by atoms with van der Waals surface area (Å²) in [6.45, 7) is 8.99. The van der Waals surface area contributed by atoms with Gasteiger partial charge in [-0.1, -0.05) is 39.0 Å². The molecule has 4 nitrogen and oxygen atoms in total. The van der Waals surface area contributed by atoms with Crippen molar-refractivity contribution in [2.24, 2.45) is 10.8 Å². The van der Waals surface area contributed by atoms with Crippen LogP contribution in [0.5, 0.6) is 5.75 Å². The molecule has 0 fully saturated rings. The standard InChI is InChI=1S/C16H22O4/c1-15(2,3)14(19)16(4,5)10-20-13(18)11-7-6-8-12(17)9-11/h6-9,17H,10H2,1-5H3/p-1. The monoisotopic (exact) mass is 277 g/mol. The van der Waals surface area contributed by atoms with Gasteiger partial charge in [-0.2, -0.15) is 0 Å². The topological polar surface area (TPSA) is 66.4 Å². The molecule has 1 rings (SSSR count). The number of hydrogen-bond acceptors (Lipinski definition) is 4. The summed E-state index contributed by atoms with van der Waals surface area (Å²) in [5.41, 5.74) is -1.05. The molecule has 110 valence electrons. The summed E-state index contributed by atoms with van der Waals surface area (Å²) in [7, 11) is 0. The van der Waals surface area contributed by atoms with Crippen LogP contribution >= 0.6 is 0 Å². The summed E-state index contributed by atoms with van der Waals surface area (Å²) in [5.74, 6) is -0.808. The summed E-state index contributed by atoms with van der Waals surface area (Å²) in [6, 6.07) is 5.61. The van der Waals surface area contributed by atoms with Gasteiger partial charge in [0.25, 0.3) is 0 Å². The van der Waals surface area contributed by atoms with E-state index in [1.807, 2.05) is 20.8 Å². The number of benzene rings is 1. The molecule has 0 atom stereocenters. The van der Waals surface area contributed by atoms with Crippen molar-refractivity contribution in [3.8, 4) is 5.75 Å². The first-order valence-electron chi connectivity index (χ1n) is 6.53. The number of hydrogen-bond donors (Lipinski definition) is 0. The Morgan fingerprint density at radius 1 is 1.15 bits per heavy atom. The second-order valence-corrected chi connectivity index (χ2v) is 6.57. The van der Waals surface area contributed by atoms with E-state index in [0.29, 0.717) is 0 Å². The number of rotatable bonds is 4. The first kappa shape index (κ1) is 16.2. The third kappa shape index (κ3) is 4.08. The summed E-state index contributed by atoms with van der Waals surface area (Å²) >= 11 is 0. The lowest BCUT2D eigenvalue weighted by Gasteiger charge is -2.30. The average Bonchev–Trinajstić information content (AvgIpc) is 2.34. The van der Waals surface area contributed by atoms with E-state index in [1.54, 1.807) is 13.8 Å². The van der Waals surface area contributed by atoms with Gasteiger partial charge in [0.15, 0.2) is 0 Å². The smallest absolute Gasteiger partial charge is 0.338 e. The van der Waals surface area contributed by atoms with Crippen molar-refractivity contribution in [3.05, 3.63) is 29.8 Å². The van der Waals surface area contributed by atoms with Crippen LogP contribution in [0.25, 0.3) is 0 Å². The fourth-order valence-electron chi connectivity index (χ4n) is 2.03. The maximum atomic E-state index is 12.2. The van der Waals surface area contributed by atoms with Crippen molar-refractivity contribution in [1.82, 2.24) is 0 Å². The van der Waals surface area contributed by atoms with Crippen molar-refractivity contribution >= 4 is 11.8 Å². The number of ketones is 1. The van der Waals surface area contributed by atoms with Crippen LogP contribution in [-0.2, 0) is 9.53 Å². The largest absolute Gasteiger partial charge is 0.872 e. The van der Waals surface area contributed by atoms with Crippen LogP contribution in [0, 0.1) is 10.8 Å². The zero-order valence-corrected chi connectivity index (χ0v) is 12.6. The van der Waals surface area contributed by atoms with Gasteiger partial charge >= 0.3 is 5.97 Å². The first-order valence-corrected chi connectivity index (χ1v) is 6.53. The predicted molar refractivity (Wildman–Crippen MR) is 74.4 cm³/mol. The molecule has 0 unspecified atom stereocenters. The van der Waals surface area contributed by atoms with Crippen molar-refractivity contribution in [3.63, 3.8) is 0 Å². The molecule has 0 N–H and O–H groups in total. The highest BCUT2D eigenvalue weighted by molar-refractivity contribution is 5.91. The molecular formula is C16H21O4-. The number of carbonyl (C=O) groups is 2. The maximum absolute atomic E-state index is 12.2. The van der Waals surface area contributed by atoms with Crippen LogP contribution in [0.2, 0.25) is 0 Å². The third-order valence-electron chi connectivity index (χ3n) is 2.93. The third-order valence-corrected chi connectivity index (χ3v) is 2.93. The summed E-state index contributed by atoms with van der Waals surface area (Å²) in [6.07, 6.45) is 0. The van der Waals surface area contributed by atoms with E-state index in [-0.39, 0.29) is 23.7 Å². The highest BCUT2D eigenvalue weighted by Crippen LogP contribution is 2.29. The second kappa shape index (κ2) is 5.65. The van der Waals surface area contributed by atoms with Crippen molar-refractivity contribution in [2.75, 3.05) is 6.61 Å². The highest BCUT2D eigenvalue weighted by Gasteiger charge is 2.37. The summed E-state index contributed by atoms with van der Waals surface area (Å²) in [4.78, 5) is 24.1. The van der Waals surface area contributed by atoms with Crippen LogP contribution in [-0.4, -0.2) is 18.4 Å². The van der Waals surface area contributed by atoms with Crippen molar-refractivity contribution in [2.45, 2.75) is 34.6 Å². The Morgan fingerprint density at radius 3 is 2.25 bits per heavy atom. The quantitative estimate of drug-likeness (QED) is 0.793. The Hall–Kier alpha value is -1.84. The van der Waals surface area contributed by atoms with E-state index >= 15 is 0 Å². The van der Waals surface area contributed by atoms with Gasteiger partial charge in [-0.25, -0.2) is 4.79 Å². The minimum atomic E-state index is -0.761. The molecule has 0 saturated carbocycles. The van der Waals surface area contributed by atoms with E-state index in [0.717, 1.165) is 0 Å². The van der Waals surface area contributed by atoms with Crippen LogP contribution < -0.4 is 5.11 Å². The van der Waals surface area contributed by atoms with Crippen LogP contribution in [0.15, 0.2) is 24.3 Å².